The molecule has 158 valence electrons. The number of ether oxygens (including phenoxy) is 2. The molecule has 0 bridgehead atoms. The Balaban J connectivity index is 1.49. The number of rotatable bonds is 8. The highest BCUT2D eigenvalue weighted by molar-refractivity contribution is 7.98. The largest absolute Gasteiger partial charge is 0.493 e. The molecule has 30 heavy (non-hydrogen) atoms. The van der Waals surface area contributed by atoms with Crippen molar-refractivity contribution in [1.82, 2.24) is 10.3 Å². The third-order valence-corrected chi connectivity index (χ3v) is 6.52. The molecule has 0 saturated heterocycles. The molecule has 0 spiro atoms. The Morgan fingerprint density at radius 2 is 1.90 bits per heavy atom. The highest BCUT2D eigenvalue weighted by Gasteiger charge is 2.09. The van der Waals surface area contributed by atoms with E-state index in [1.165, 1.54) is 11.3 Å². The van der Waals surface area contributed by atoms with Crippen LogP contribution in [0.15, 0.2) is 46.7 Å². The van der Waals surface area contributed by atoms with E-state index in [1.54, 1.807) is 44.2 Å². The molecule has 6 nitrogen and oxygen atoms in total. The first-order valence-corrected chi connectivity index (χ1v) is 11.4. The van der Waals surface area contributed by atoms with E-state index in [0.717, 1.165) is 16.2 Å². The third-order valence-electron chi connectivity index (χ3n) is 3.95. The lowest BCUT2D eigenvalue weighted by atomic mass is 10.2. The van der Waals surface area contributed by atoms with E-state index in [2.05, 4.69) is 15.6 Å². The molecule has 0 radical (unpaired) electrons. The fourth-order valence-corrected chi connectivity index (χ4v) is 4.42. The van der Waals surface area contributed by atoms with Gasteiger partial charge in [-0.05, 0) is 35.9 Å². The van der Waals surface area contributed by atoms with E-state index in [0.29, 0.717) is 39.0 Å². The number of methoxy groups -OCH3 is 2. The number of benzene rings is 2. The van der Waals surface area contributed by atoms with E-state index >= 15 is 0 Å². The topological polar surface area (TPSA) is 72.5 Å². The summed E-state index contributed by atoms with van der Waals surface area (Å²) in [5, 5.41) is 8.89. The maximum atomic E-state index is 12.1. The molecule has 1 aromatic heterocycles. The van der Waals surface area contributed by atoms with Crippen molar-refractivity contribution in [3.63, 3.8) is 0 Å². The van der Waals surface area contributed by atoms with Gasteiger partial charge in [0.1, 0.15) is 0 Å². The van der Waals surface area contributed by atoms with Crippen LogP contribution in [0.25, 0.3) is 0 Å². The first kappa shape index (κ1) is 22.6. The number of nitrogens with zero attached hydrogens (tertiary/aromatic N) is 1. The number of nitrogens with one attached hydrogen (secondary N) is 2. The maximum Gasteiger partial charge on any atom is 0.321 e. The zero-order valence-corrected chi connectivity index (χ0v) is 19.3. The van der Waals surface area contributed by atoms with E-state index in [1.807, 2.05) is 23.6 Å². The van der Waals surface area contributed by atoms with Crippen LogP contribution in [0.3, 0.4) is 0 Å². The van der Waals surface area contributed by atoms with Crippen LogP contribution in [0.2, 0.25) is 10.0 Å². The minimum atomic E-state index is -0.338. The molecule has 0 atom stereocenters. The minimum absolute atomic E-state index is 0.329. The molecule has 2 N–H and O–H groups in total. The summed E-state index contributed by atoms with van der Waals surface area (Å²) in [5.74, 6) is 2.04. The van der Waals surface area contributed by atoms with Crippen molar-refractivity contribution in [2.24, 2.45) is 0 Å². The molecule has 0 saturated carbocycles. The number of halogens is 2. The quantitative estimate of drug-likeness (QED) is 0.379. The Hall–Kier alpha value is -2.13. The second-order valence-corrected chi connectivity index (χ2v) is 8.73. The van der Waals surface area contributed by atoms with Crippen molar-refractivity contribution in [1.29, 1.82) is 0 Å². The number of urea groups is 1. The molecule has 1 heterocycles. The summed E-state index contributed by atoms with van der Waals surface area (Å²) in [4.78, 5) is 17.6. The van der Waals surface area contributed by atoms with Crippen molar-refractivity contribution in [2.45, 2.75) is 17.2 Å². The number of amides is 2. The van der Waals surface area contributed by atoms with Crippen LogP contribution in [-0.2, 0) is 12.3 Å². The Morgan fingerprint density at radius 3 is 2.63 bits per heavy atom. The average molecular weight is 484 g/mol. The minimum Gasteiger partial charge on any atom is -0.493 e. The summed E-state index contributed by atoms with van der Waals surface area (Å²) in [6.45, 7) is 0.329. The molecule has 0 fully saturated rings. The van der Waals surface area contributed by atoms with Gasteiger partial charge in [0.25, 0.3) is 0 Å². The summed E-state index contributed by atoms with van der Waals surface area (Å²) < 4.78 is 10.6. The van der Waals surface area contributed by atoms with Crippen LogP contribution in [-0.4, -0.2) is 25.2 Å². The molecule has 2 amide bonds. The van der Waals surface area contributed by atoms with E-state index in [9.17, 15) is 4.79 Å². The lowest BCUT2D eigenvalue weighted by Crippen LogP contribution is -2.28. The maximum absolute atomic E-state index is 12.1. The van der Waals surface area contributed by atoms with Crippen molar-refractivity contribution in [3.8, 4) is 11.5 Å². The summed E-state index contributed by atoms with van der Waals surface area (Å²) in [6, 6.07) is 10.6. The highest BCUT2D eigenvalue weighted by atomic mass is 35.5. The van der Waals surface area contributed by atoms with Gasteiger partial charge in [-0.25, -0.2) is 9.78 Å². The van der Waals surface area contributed by atoms with Gasteiger partial charge in [0.05, 0.1) is 30.0 Å². The van der Waals surface area contributed by atoms with Crippen molar-refractivity contribution >= 4 is 57.5 Å². The summed E-state index contributed by atoms with van der Waals surface area (Å²) in [7, 11) is 3.21. The molecule has 3 aromatic rings. The molecular weight excluding hydrogens is 465 g/mol. The fourth-order valence-electron chi connectivity index (χ4n) is 2.47. The third kappa shape index (κ3) is 6.18. The van der Waals surface area contributed by atoms with Crippen LogP contribution < -0.4 is 20.1 Å². The highest BCUT2D eigenvalue weighted by Crippen LogP contribution is 2.33. The second-order valence-electron chi connectivity index (χ2n) is 6.01. The standard InChI is InChI=1S/C20H19Cl2N3O3S2/c1-27-17-6-4-14(8-18(17)28-2)29-10-13-11-30-20(24-13)25-19(26)23-9-12-3-5-15(21)16(22)7-12/h3-8,11H,9-10H2,1-2H3,(H2,23,24,25,26). The van der Waals surface area contributed by atoms with Gasteiger partial charge in [-0.15, -0.1) is 23.1 Å². The first-order chi connectivity index (χ1) is 14.5. The van der Waals surface area contributed by atoms with Gasteiger partial charge < -0.3 is 14.8 Å². The van der Waals surface area contributed by atoms with Gasteiger partial charge in [0.2, 0.25) is 0 Å². The number of thioether (sulfide) groups is 1. The lowest BCUT2D eigenvalue weighted by molar-refractivity contribution is 0.251. The van der Waals surface area contributed by atoms with Crippen LogP contribution in [0.5, 0.6) is 11.5 Å². The Kier molecular flexibility index (Phi) is 8.09. The summed E-state index contributed by atoms with van der Waals surface area (Å²) in [5.41, 5.74) is 1.73. The predicted octanol–water partition coefficient (Wildman–Crippen LogP) is 6.08. The fraction of sp³-hybridized carbons (Fsp3) is 0.200. The van der Waals surface area contributed by atoms with Crippen LogP contribution >= 0.6 is 46.3 Å². The van der Waals surface area contributed by atoms with E-state index < -0.39 is 0 Å². The van der Waals surface area contributed by atoms with Gasteiger partial charge in [0, 0.05) is 22.6 Å². The Labute approximate surface area is 192 Å². The zero-order chi connectivity index (χ0) is 21.5. The molecule has 3 rings (SSSR count). The Bertz CT molecular complexity index is 1030. The van der Waals surface area contributed by atoms with Gasteiger partial charge in [0.15, 0.2) is 16.6 Å². The van der Waals surface area contributed by atoms with Gasteiger partial charge in [-0.1, -0.05) is 29.3 Å². The number of hydrogen-bond donors (Lipinski definition) is 2. The van der Waals surface area contributed by atoms with Crippen LogP contribution in [0, 0.1) is 0 Å². The lowest BCUT2D eigenvalue weighted by Gasteiger charge is -2.08. The normalized spacial score (nSPS) is 10.5. The summed E-state index contributed by atoms with van der Waals surface area (Å²) >= 11 is 14.9. The number of carbonyl (C=O) groups excluding carboxylic acids is 1. The van der Waals surface area contributed by atoms with Gasteiger partial charge >= 0.3 is 6.03 Å². The molecule has 0 aliphatic heterocycles. The summed E-state index contributed by atoms with van der Waals surface area (Å²) in [6.07, 6.45) is 0. The molecular formula is C20H19Cl2N3O3S2. The monoisotopic (exact) mass is 483 g/mol. The smallest absolute Gasteiger partial charge is 0.321 e. The molecule has 0 aliphatic carbocycles. The number of thiazole rings is 1. The SMILES string of the molecule is COc1ccc(SCc2csc(NC(=O)NCc3ccc(Cl)c(Cl)c3)n2)cc1OC. The van der Waals surface area contributed by atoms with E-state index in [-0.39, 0.29) is 6.03 Å². The molecule has 2 aromatic carbocycles. The van der Waals surface area contributed by atoms with Gasteiger partial charge in [-0.3, -0.25) is 5.32 Å². The van der Waals surface area contributed by atoms with Crippen LogP contribution in [0.1, 0.15) is 11.3 Å². The number of anilines is 1. The molecule has 0 aliphatic rings. The zero-order valence-electron chi connectivity index (χ0n) is 16.2. The molecule has 10 heteroatoms. The number of carbonyl (C=O) groups is 1. The van der Waals surface area contributed by atoms with Gasteiger partial charge in [-0.2, -0.15) is 0 Å². The van der Waals surface area contributed by atoms with Crippen molar-refractivity contribution in [3.05, 3.63) is 63.1 Å². The number of hydrogen-bond acceptors (Lipinski definition) is 6. The van der Waals surface area contributed by atoms with Crippen LogP contribution in [0.4, 0.5) is 9.93 Å². The predicted molar refractivity (Wildman–Crippen MR) is 124 cm³/mol. The average Bonchev–Trinajstić information content (AvgIpc) is 3.20. The Morgan fingerprint density at radius 1 is 1.10 bits per heavy atom. The van der Waals surface area contributed by atoms with E-state index in [4.69, 9.17) is 32.7 Å². The molecule has 0 unspecified atom stereocenters. The number of aromatic nitrogens is 1. The second kappa shape index (κ2) is 10.8. The van der Waals surface area contributed by atoms with Crippen molar-refractivity contribution < 1.29 is 14.3 Å². The van der Waals surface area contributed by atoms with Crippen molar-refractivity contribution in [2.75, 3.05) is 19.5 Å². The first-order valence-electron chi connectivity index (χ1n) is 8.76.